The van der Waals surface area contributed by atoms with Gasteiger partial charge in [-0.15, -0.1) is 0 Å². The molecule has 0 spiro atoms. The lowest BCUT2D eigenvalue weighted by Gasteiger charge is -2.12. The van der Waals surface area contributed by atoms with Crippen molar-refractivity contribution in [2.75, 3.05) is 19.0 Å². The monoisotopic (exact) mass is 379 g/mol. The number of alkyl halides is 2. The number of carbonyl (C=O) groups excluding carboxylic acids is 2. The number of benzene rings is 2. The van der Waals surface area contributed by atoms with E-state index in [-0.39, 0.29) is 17.1 Å². The topological polar surface area (TPSA) is 73.9 Å². The minimum absolute atomic E-state index is 0.0355. The van der Waals surface area contributed by atoms with Gasteiger partial charge in [-0.25, -0.2) is 4.79 Å². The van der Waals surface area contributed by atoms with Crippen LogP contribution in [0.15, 0.2) is 36.4 Å². The van der Waals surface area contributed by atoms with Crippen LogP contribution in [0.1, 0.15) is 21.5 Å². The Morgan fingerprint density at radius 1 is 1.07 bits per heavy atom. The largest absolute Gasteiger partial charge is 0.493 e. The van der Waals surface area contributed by atoms with Crippen LogP contribution in [0.2, 0.25) is 0 Å². The minimum atomic E-state index is -3.02. The summed E-state index contributed by atoms with van der Waals surface area (Å²) in [6.07, 6.45) is 0. The van der Waals surface area contributed by atoms with E-state index >= 15 is 0 Å². The first kappa shape index (κ1) is 20.2. The maximum absolute atomic E-state index is 12.3. The van der Waals surface area contributed by atoms with Gasteiger partial charge in [-0.1, -0.05) is 18.2 Å². The predicted octanol–water partition coefficient (Wildman–Crippen LogP) is 3.71. The van der Waals surface area contributed by atoms with Crippen LogP contribution >= 0.6 is 0 Å². The number of rotatable bonds is 7. The van der Waals surface area contributed by atoms with Crippen LogP contribution < -0.4 is 14.8 Å². The fraction of sp³-hybridized carbons (Fsp3) is 0.263. The van der Waals surface area contributed by atoms with E-state index in [0.29, 0.717) is 5.69 Å². The standard InChI is InChI=1S/C19H19F2NO5/c1-11-5-4-6-12(2)17(11)22-16(23)10-26-18(24)13-7-8-14(27-19(20)21)15(9-13)25-3/h4-9,19H,10H2,1-3H3,(H,22,23). The van der Waals surface area contributed by atoms with Gasteiger partial charge in [0.2, 0.25) is 0 Å². The molecule has 0 aliphatic rings. The van der Waals surface area contributed by atoms with Crippen molar-refractivity contribution in [1.29, 1.82) is 0 Å². The first-order valence-electron chi connectivity index (χ1n) is 7.98. The number of anilines is 1. The molecule has 0 saturated carbocycles. The predicted molar refractivity (Wildman–Crippen MR) is 94.5 cm³/mol. The second-order valence-corrected chi connectivity index (χ2v) is 5.64. The lowest BCUT2D eigenvalue weighted by Crippen LogP contribution is -2.21. The summed E-state index contributed by atoms with van der Waals surface area (Å²) in [4.78, 5) is 24.1. The van der Waals surface area contributed by atoms with Crippen LogP contribution in [0.5, 0.6) is 11.5 Å². The van der Waals surface area contributed by atoms with Crippen LogP contribution in [0.3, 0.4) is 0 Å². The van der Waals surface area contributed by atoms with Crippen molar-refractivity contribution in [2.24, 2.45) is 0 Å². The molecule has 1 N–H and O–H groups in total. The maximum Gasteiger partial charge on any atom is 0.387 e. The zero-order valence-corrected chi connectivity index (χ0v) is 15.0. The molecule has 0 unspecified atom stereocenters. The Balaban J connectivity index is 2.00. The third-order valence-corrected chi connectivity index (χ3v) is 3.70. The SMILES string of the molecule is COc1cc(C(=O)OCC(=O)Nc2c(C)cccc2C)ccc1OC(F)F. The van der Waals surface area contributed by atoms with Gasteiger partial charge in [-0.05, 0) is 43.2 Å². The molecule has 0 aromatic heterocycles. The maximum atomic E-state index is 12.3. The molecule has 6 nitrogen and oxygen atoms in total. The molecule has 8 heteroatoms. The summed E-state index contributed by atoms with van der Waals surface area (Å²) in [5.41, 5.74) is 2.46. The molecule has 2 aromatic carbocycles. The Kier molecular flexibility index (Phi) is 6.70. The van der Waals surface area contributed by atoms with E-state index in [0.717, 1.165) is 11.1 Å². The summed E-state index contributed by atoms with van der Waals surface area (Å²) in [5, 5.41) is 2.69. The number of halogens is 2. The highest BCUT2D eigenvalue weighted by Gasteiger charge is 2.16. The zero-order chi connectivity index (χ0) is 20.0. The Morgan fingerprint density at radius 3 is 2.33 bits per heavy atom. The summed E-state index contributed by atoms with van der Waals surface area (Å²) in [7, 11) is 1.25. The fourth-order valence-electron chi connectivity index (χ4n) is 2.39. The Bertz CT molecular complexity index is 819. The molecular formula is C19H19F2NO5. The molecule has 0 bridgehead atoms. The summed E-state index contributed by atoms with van der Waals surface area (Å²) in [6.45, 7) is 0.184. The Hall–Kier alpha value is -3.16. The summed E-state index contributed by atoms with van der Waals surface area (Å²) < 4.78 is 38.8. The van der Waals surface area contributed by atoms with E-state index in [4.69, 9.17) is 9.47 Å². The molecule has 144 valence electrons. The lowest BCUT2D eigenvalue weighted by molar-refractivity contribution is -0.119. The van der Waals surface area contributed by atoms with Crippen LogP contribution in [-0.4, -0.2) is 32.2 Å². The van der Waals surface area contributed by atoms with Gasteiger partial charge >= 0.3 is 12.6 Å². The van der Waals surface area contributed by atoms with Crippen LogP contribution in [-0.2, 0) is 9.53 Å². The van der Waals surface area contributed by atoms with Crippen molar-refractivity contribution in [2.45, 2.75) is 20.5 Å². The summed E-state index contributed by atoms with van der Waals surface area (Å²) in [6, 6.07) is 9.18. The number of esters is 1. The zero-order valence-electron chi connectivity index (χ0n) is 15.0. The second kappa shape index (κ2) is 8.98. The molecule has 0 fully saturated rings. The molecule has 2 rings (SSSR count). The molecule has 27 heavy (non-hydrogen) atoms. The van der Waals surface area contributed by atoms with Gasteiger partial charge in [0.05, 0.1) is 12.7 Å². The number of carbonyl (C=O) groups is 2. The highest BCUT2D eigenvalue weighted by atomic mass is 19.3. The smallest absolute Gasteiger partial charge is 0.387 e. The Morgan fingerprint density at radius 2 is 1.74 bits per heavy atom. The minimum Gasteiger partial charge on any atom is -0.493 e. The average molecular weight is 379 g/mol. The number of hydrogen-bond acceptors (Lipinski definition) is 5. The highest BCUT2D eigenvalue weighted by molar-refractivity contribution is 5.96. The Labute approximate surface area is 155 Å². The first-order chi connectivity index (χ1) is 12.8. The van der Waals surface area contributed by atoms with Gasteiger partial charge in [-0.2, -0.15) is 8.78 Å². The van der Waals surface area contributed by atoms with E-state index in [1.165, 1.54) is 25.3 Å². The van der Waals surface area contributed by atoms with E-state index < -0.39 is 25.1 Å². The molecule has 0 aliphatic heterocycles. The molecule has 0 radical (unpaired) electrons. The molecule has 0 aliphatic carbocycles. The van der Waals surface area contributed by atoms with Crippen molar-refractivity contribution >= 4 is 17.6 Å². The van der Waals surface area contributed by atoms with E-state index in [1.807, 2.05) is 32.0 Å². The van der Waals surface area contributed by atoms with E-state index in [9.17, 15) is 18.4 Å². The van der Waals surface area contributed by atoms with E-state index in [1.54, 1.807) is 0 Å². The number of aryl methyl sites for hydroxylation is 2. The van der Waals surface area contributed by atoms with Crippen molar-refractivity contribution in [1.82, 2.24) is 0 Å². The average Bonchev–Trinajstić information content (AvgIpc) is 2.62. The van der Waals surface area contributed by atoms with Crippen LogP contribution in [0.4, 0.5) is 14.5 Å². The molecule has 2 aromatic rings. The van der Waals surface area contributed by atoms with Gasteiger partial charge in [0.15, 0.2) is 18.1 Å². The second-order valence-electron chi connectivity index (χ2n) is 5.64. The van der Waals surface area contributed by atoms with Gasteiger partial charge in [0.1, 0.15) is 0 Å². The summed E-state index contributed by atoms with van der Waals surface area (Å²) >= 11 is 0. The number of amides is 1. The number of nitrogens with one attached hydrogen (secondary N) is 1. The van der Waals surface area contributed by atoms with Crippen molar-refractivity contribution in [3.05, 3.63) is 53.1 Å². The summed E-state index contributed by atoms with van der Waals surface area (Å²) in [5.74, 6) is -1.56. The molecular weight excluding hydrogens is 360 g/mol. The van der Waals surface area contributed by atoms with Crippen molar-refractivity contribution in [3.8, 4) is 11.5 Å². The third-order valence-electron chi connectivity index (χ3n) is 3.70. The van der Waals surface area contributed by atoms with Crippen molar-refractivity contribution < 1.29 is 32.6 Å². The van der Waals surface area contributed by atoms with Gasteiger partial charge in [0.25, 0.3) is 5.91 Å². The van der Waals surface area contributed by atoms with Gasteiger partial charge in [-0.3, -0.25) is 4.79 Å². The lowest BCUT2D eigenvalue weighted by atomic mass is 10.1. The molecule has 0 heterocycles. The number of hydrogen-bond donors (Lipinski definition) is 1. The van der Waals surface area contributed by atoms with E-state index in [2.05, 4.69) is 10.1 Å². The molecule has 0 saturated heterocycles. The quantitative estimate of drug-likeness (QED) is 0.743. The highest BCUT2D eigenvalue weighted by Crippen LogP contribution is 2.29. The van der Waals surface area contributed by atoms with Crippen LogP contribution in [0, 0.1) is 13.8 Å². The van der Waals surface area contributed by atoms with Gasteiger partial charge in [0, 0.05) is 5.69 Å². The number of para-hydroxylation sites is 1. The molecule has 0 atom stereocenters. The number of ether oxygens (including phenoxy) is 3. The third kappa shape index (κ3) is 5.40. The first-order valence-corrected chi connectivity index (χ1v) is 7.98. The van der Waals surface area contributed by atoms with Gasteiger partial charge < -0.3 is 19.5 Å². The van der Waals surface area contributed by atoms with Crippen LogP contribution in [0.25, 0.3) is 0 Å². The number of methoxy groups -OCH3 is 1. The van der Waals surface area contributed by atoms with Crippen molar-refractivity contribution in [3.63, 3.8) is 0 Å². The fourth-order valence-corrected chi connectivity index (χ4v) is 2.39. The normalized spacial score (nSPS) is 10.4. The molecule has 1 amide bonds.